The second-order valence-electron chi connectivity index (χ2n) is 6.23. The third-order valence-corrected chi connectivity index (χ3v) is 7.43. The molecule has 1 saturated heterocycles. The van der Waals surface area contributed by atoms with Crippen LogP contribution in [0.25, 0.3) is 0 Å². The van der Waals surface area contributed by atoms with Gasteiger partial charge >= 0.3 is 0 Å². The van der Waals surface area contributed by atoms with Crippen LogP contribution in [0, 0.1) is 0 Å². The highest BCUT2D eigenvalue weighted by Gasteiger charge is 2.26. The van der Waals surface area contributed by atoms with Crippen LogP contribution >= 0.6 is 11.8 Å². The lowest BCUT2D eigenvalue weighted by molar-refractivity contribution is 0.0730. The molecule has 1 aromatic heterocycles. The number of aryl methyl sites for hydroxylation is 2. The summed E-state index contributed by atoms with van der Waals surface area (Å²) in [6.45, 7) is 1.68. The van der Waals surface area contributed by atoms with Crippen LogP contribution in [0.3, 0.4) is 0 Å². The number of nitrogens with zero attached hydrogens (tertiary/aromatic N) is 2. The SMILES string of the molecule is O=S(=O)(c1ccc(Sc2ccc3c(c2)CCC3)nc1)N1CCOCC1. The predicted octanol–water partition coefficient (Wildman–Crippen LogP) is 2.74. The van der Waals surface area contributed by atoms with Gasteiger partial charge in [-0.3, -0.25) is 0 Å². The Kier molecular flexibility index (Phi) is 4.82. The van der Waals surface area contributed by atoms with Crippen molar-refractivity contribution >= 4 is 21.8 Å². The molecule has 0 radical (unpaired) electrons. The number of hydrogen-bond donors (Lipinski definition) is 0. The molecule has 7 heteroatoms. The van der Waals surface area contributed by atoms with Gasteiger partial charge in [-0.05, 0) is 54.7 Å². The van der Waals surface area contributed by atoms with Crippen LogP contribution in [0.1, 0.15) is 17.5 Å². The molecule has 2 aliphatic rings. The molecule has 0 spiro atoms. The lowest BCUT2D eigenvalue weighted by atomic mass is 10.1. The number of ether oxygens (including phenoxy) is 1. The van der Waals surface area contributed by atoms with Crippen LogP contribution in [0.15, 0.2) is 51.3 Å². The first-order chi connectivity index (χ1) is 12.1. The molecule has 0 unspecified atom stereocenters. The second kappa shape index (κ2) is 7.07. The van der Waals surface area contributed by atoms with Gasteiger partial charge in [0.15, 0.2) is 0 Å². The summed E-state index contributed by atoms with van der Waals surface area (Å²) < 4.78 is 31.9. The average molecular weight is 377 g/mol. The fraction of sp³-hybridized carbons (Fsp3) is 0.389. The third-order valence-electron chi connectivity index (χ3n) is 4.61. The molecule has 5 nitrogen and oxygen atoms in total. The molecule has 0 atom stereocenters. The number of benzene rings is 1. The molecule has 1 aromatic carbocycles. The van der Waals surface area contributed by atoms with Gasteiger partial charge in [0.25, 0.3) is 0 Å². The van der Waals surface area contributed by atoms with E-state index in [0.717, 1.165) is 16.3 Å². The Morgan fingerprint density at radius 1 is 1.04 bits per heavy atom. The molecule has 4 rings (SSSR count). The fourth-order valence-electron chi connectivity index (χ4n) is 3.25. The van der Waals surface area contributed by atoms with Crippen molar-refractivity contribution in [3.63, 3.8) is 0 Å². The van der Waals surface area contributed by atoms with Gasteiger partial charge in [0, 0.05) is 24.2 Å². The van der Waals surface area contributed by atoms with Gasteiger partial charge in [-0.1, -0.05) is 17.8 Å². The summed E-state index contributed by atoms with van der Waals surface area (Å²) in [5, 5.41) is 0.805. The summed E-state index contributed by atoms with van der Waals surface area (Å²) in [5.41, 5.74) is 2.88. The number of sulfonamides is 1. The van der Waals surface area contributed by atoms with Crippen LogP contribution in [0.5, 0.6) is 0 Å². The first kappa shape index (κ1) is 17.0. The Morgan fingerprint density at radius 3 is 2.60 bits per heavy atom. The van der Waals surface area contributed by atoms with Crippen LogP contribution in [-0.2, 0) is 27.6 Å². The molecular weight excluding hydrogens is 356 g/mol. The number of aromatic nitrogens is 1. The number of morpholine rings is 1. The molecule has 25 heavy (non-hydrogen) atoms. The topological polar surface area (TPSA) is 59.5 Å². The first-order valence-corrected chi connectivity index (χ1v) is 10.7. The van der Waals surface area contributed by atoms with Crippen molar-refractivity contribution in [1.29, 1.82) is 0 Å². The Morgan fingerprint density at radius 2 is 1.84 bits per heavy atom. The maximum atomic E-state index is 12.6. The number of rotatable bonds is 4. The Balaban J connectivity index is 1.50. The molecule has 1 aliphatic heterocycles. The maximum Gasteiger partial charge on any atom is 0.244 e. The predicted molar refractivity (Wildman–Crippen MR) is 96.4 cm³/mol. The normalized spacial score (nSPS) is 18.2. The first-order valence-electron chi connectivity index (χ1n) is 8.46. The van der Waals surface area contributed by atoms with E-state index in [9.17, 15) is 8.42 Å². The van der Waals surface area contributed by atoms with E-state index in [2.05, 4.69) is 23.2 Å². The van der Waals surface area contributed by atoms with Crippen LogP contribution in [0.4, 0.5) is 0 Å². The number of fused-ring (bicyclic) bond motifs is 1. The van der Waals surface area contributed by atoms with Crippen molar-refractivity contribution in [2.75, 3.05) is 26.3 Å². The van der Waals surface area contributed by atoms with Gasteiger partial charge in [-0.2, -0.15) is 4.31 Å². The minimum absolute atomic E-state index is 0.243. The van der Waals surface area contributed by atoms with Crippen molar-refractivity contribution in [1.82, 2.24) is 9.29 Å². The molecule has 1 aliphatic carbocycles. The van der Waals surface area contributed by atoms with Crippen molar-refractivity contribution in [3.05, 3.63) is 47.7 Å². The molecule has 0 amide bonds. The molecule has 1 fully saturated rings. The summed E-state index contributed by atoms with van der Waals surface area (Å²) >= 11 is 1.57. The van der Waals surface area contributed by atoms with Gasteiger partial charge in [0.2, 0.25) is 10.0 Å². The molecule has 0 bridgehead atoms. The summed E-state index contributed by atoms with van der Waals surface area (Å²) in [6, 6.07) is 9.97. The smallest absolute Gasteiger partial charge is 0.244 e. The van der Waals surface area contributed by atoms with Crippen molar-refractivity contribution in [3.8, 4) is 0 Å². The lowest BCUT2D eigenvalue weighted by Gasteiger charge is -2.25. The summed E-state index contributed by atoms with van der Waals surface area (Å²) in [7, 11) is -3.48. The lowest BCUT2D eigenvalue weighted by Crippen LogP contribution is -2.40. The van der Waals surface area contributed by atoms with Gasteiger partial charge < -0.3 is 4.74 Å². The Labute approximate surface area is 152 Å². The van der Waals surface area contributed by atoms with Crippen LogP contribution < -0.4 is 0 Å². The molecule has 2 aromatic rings. The van der Waals surface area contributed by atoms with Gasteiger partial charge in [0.1, 0.15) is 9.92 Å². The van der Waals surface area contributed by atoms with E-state index in [0.29, 0.717) is 26.3 Å². The highest BCUT2D eigenvalue weighted by molar-refractivity contribution is 7.99. The molecule has 0 saturated carbocycles. The van der Waals surface area contributed by atoms with E-state index in [1.54, 1.807) is 23.9 Å². The van der Waals surface area contributed by atoms with Crippen molar-refractivity contribution in [2.24, 2.45) is 0 Å². The van der Waals surface area contributed by atoms with Crippen LogP contribution in [-0.4, -0.2) is 44.0 Å². The summed E-state index contributed by atoms with van der Waals surface area (Å²) in [4.78, 5) is 5.75. The van der Waals surface area contributed by atoms with Crippen LogP contribution in [0.2, 0.25) is 0 Å². The zero-order valence-corrected chi connectivity index (χ0v) is 15.5. The minimum atomic E-state index is -3.48. The average Bonchev–Trinajstić information content (AvgIpc) is 3.11. The van der Waals surface area contributed by atoms with E-state index in [-0.39, 0.29) is 4.90 Å². The van der Waals surface area contributed by atoms with E-state index in [1.807, 2.05) is 0 Å². The fourth-order valence-corrected chi connectivity index (χ4v) is 5.42. The molecule has 0 N–H and O–H groups in total. The quantitative estimate of drug-likeness (QED) is 0.821. The minimum Gasteiger partial charge on any atom is -0.379 e. The molecule has 132 valence electrons. The largest absolute Gasteiger partial charge is 0.379 e. The highest BCUT2D eigenvalue weighted by Crippen LogP contribution is 2.31. The van der Waals surface area contributed by atoms with E-state index in [1.165, 1.54) is 34.5 Å². The zero-order valence-electron chi connectivity index (χ0n) is 13.8. The summed E-state index contributed by atoms with van der Waals surface area (Å²) in [5.74, 6) is 0. The highest BCUT2D eigenvalue weighted by atomic mass is 32.2. The standard InChI is InChI=1S/C18H20N2O3S2/c21-25(22,20-8-10-23-11-9-20)17-6-7-18(19-13-17)24-16-5-4-14-2-1-3-15(14)12-16/h4-7,12-13H,1-3,8-11H2. The maximum absolute atomic E-state index is 12.6. The molecular formula is C18H20N2O3S2. The van der Waals surface area contributed by atoms with E-state index >= 15 is 0 Å². The monoisotopic (exact) mass is 376 g/mol. The van der Waals surface area contributed by atoms with Gasteiger partial charge in [-0.15, -0.1) is 0 Å². The summed E-state index contributed by atoms with van der Waals surface area (Å²) in [6.07, 6.45) is 5.01. The second-order valence-corrected chi connectivity index (χ2v) is 9.27. The van der Waals surface area contributed by atoms with Gasteiger partial charge in [0.05, 0.1) is 13.2 Å². The number of hydrogen-bond acceptors (Lipinski definition) is 5. The Bertz CT molecular complexity index is 860. The number of pyridine rings is 1. The van der Waals surface area contributed by atoms with Crippen molar-refractivity contribution in [2.45, 2.75) is 34.1 Å². The van der Waals surface area contributed by atoms with E-state index in [4.69, 9.17) is 4.74 Å². The molecule has 2 heterocycles. The Hall–Kier alpha value is -1.41. The van der Waals surface area contributed by atoms with Crippen molar-refractivity contribution < 1.29 is 13.2 Å². The third kappa shape index (κ3) is 3.60. The van der Waals surface area contributed by atoms with Gasteiger partial charge in [-0.25, -0.2) is 13.4 Å². The van der Waals surface area contributed by atoms with E-state index < -0.39 is 10.0 Å². The zero-order chi connectivity index (χ0) is 17.3.